The lowest BCUT2D eigenvalue weighted by Crippen LogP contribution is -2.23. The molecule has 0 aliphatic carbocycles. The average Bonchev–Trinajstić information content (AvgIpc) is 2.42. The zero-order valence-corrected chi connectivity index (χ0v) is 8.24. The van der Waals surface area contributed by atoms with Crippen LogP contribution >= 0.6 is 11.6 Å². The number of aromatic nitrogens is 3. The molecule has 14 heavy (non-hydrogen) atoms. The minimum Gasteiger partial charge on any atom is -0.481 e. The molecule has 0 aromatic carbocycles. The lowest BCUT2D eigenvalue weighted by molar-refractivity contribution is -0.138. The van der Waals surface area contributed by atoms with Crippen molar-refractivity contribution >= 4 is 17.6 Å². The fourth-order valence-corrected chi connectivity index (χ4v) is 1.95. The molecule has 0 amide bonds. The Morgan fingerprint density at radius 3 is 3.21 bits per heavy atom. The quantitative estimate of drug-likeness (QED) is 0.798. The van der Waals surface area contributed by atoms with E-state index in [1.165, 1.54) is 0 Å². The molecular formula is C8H10ClN3O2. The maximum Gasteiger partial charge on any atom is 0.303 e. The highest BCUT2D eigenvalue weighted by molar-refractivity contribution is 6.28. The summed E-state index contributed by atoms with van der Waals surface area (Å²) < 4.78 is 1.71. The van der Waals surface area contributed by atoms with Crippen molar-refractivity contribution in [2.75, 3.05) is 0 Å². The maximum atomic E-state index is 10.5. The molecule has 1 N–H and O–H groups in total. The summed E-state index contributed by atoms with van der Waals surface area (Å²) in [5.74, 6) is 0.249. The van der Waals surface area contributed by atoms with Gasteiger partial charge in [0.25, 0.3) is 0 Å². The largest absolute Gasteiger partial charge is 0.481 e. The lowest BCUT2D eigenvalue weighted by Gasteiger charge is -2.20. The summed E-state index contributed by atoms with van der Waals surface area (Å²) in [5, 5.41) is 12.9. The predicted molar refractivity (Wildman–Crippen MR) is 49.1 cm³/mol. The first-order valence-electron chi connectivity index (χ1n) is 4.46. The van der Waals surface area contributed by atoms with Crippen molar-refractivity contribution in [3.63, 3.8) is 0 Å². The van der Waals surface area contributed by atoms with Crippen LogP contribution in [0.1, 0.15) is 18.7 Å². The van der Waals surface area contributed by atoms with Crippen LogP contribution in [0.3, 0.4) is 0 Å². The van der Waals surface area contributed by atoms with Gasteiger partial charge >= 0.3 is 5.97 Å². The Hall–Kier alpha value is -1.10. The summed E-state index contributed by atoms with van der Waals surface area (Å²) in [6.07, 6.45) is 1.80. The molecular weight excluding hydrogens is 206 g/mol. The van der Waals surface area contributed by atoms with Crippen LogP contribution in [-0.4, -0.2) is 25.8 Å². The van der Waals surface area contributed by atoms with Crippen LogP contribution in [0.25, 0.3) is 0 Å². The number of halogens is 1. The summed E-state index contributed by atoms with van der Waals surface area (Å²) in [5.41, 5.74) is 0. The number of carbonyl (C=O) groups is 1. The first kappa shape index (κ1) is 9.45. The van der Waals surface area contributed by atoms with Gasteiger partial charge in [0, 0.05) is 19.4 Å². The predicted octanol–water partition coefficient (Wildman–Crippen LogP) is 0.969. The van der Waals surface area contributed by atoms with E-state index in [0.717, 1.165) is 18.7 Å². The van der Waals surface area contributed by atoms with E-state index in [9.17, 15) is 4.79 Å². The Balaban J connectivity index is 2.09. The number of carboxylic acid groups (broad SMARTS) is 1. The molecule has 1 unspecified atom stereocenters. The average molecular weight is 216 g/mol. The number of fused-ring (bicyclic) bond motifs is 1. The Bertz CT molecular complexity index is 363. The zero-order chi connectivity index (χ0) is 10.1. The van der Waals surface area contributed by atoms with Gasteiger partial charge in [-0.1, -0.05) is 0 Å². The SMILES string of the molecule is O=C(O)CC1CCc2nc(Cl)nn2C1. The van der Waals surface area contributed by atoms with E-state index in [-0.39, 0.29) is 17.6 Å². The van der Waals surface area contributed by atoms with Gasteiger partial charge < -0.3 is 5.11 Å². The highest BCUT2D eigenvalue weighted by Crippen LogP contribution is 2.21. The third-order valence-corrected chi connectivity index (χ3v) is 2.55. The molecule has 5 nitrogen and oxygen atoms in total. The number of aryl methyl sites for hydroxylation is 1. The molecule has 1 aromatic rings. The van der Waals surface area contributed by atoms with Crippen LogP contribution in [0.15, 0.2) is 0 Å². The topological polar surface area (TPSA) is 68.0 Å². The first-order valence-corrected chi connectivity index (χ1v) is 4.84. The lowest BCUT2D eigenvalue weighted by atomic mass is 9.96. The Morgan fingerprint density at radius 2 is 2.50 bits per heavy atom. The molecule has 0 saturated carbocycles. The number of nitrogens with zero attached hydrogens (tertiary/aromatic N) is 3. The molecule has 2 heterocycles. The van der Waals surface area contributed by atoms with Crippen LogP contribution in [0.5, 0.6) is 0 Å². The van der Waals surface area contributed by atoms with Gasteiger partial charge in [-0.05, 0) is 23.9 Å². The minimum absolute atomic E-state index is 0.151. The molecule has 0 fully saturated rings. The van der Waals surface area contributed by atoms with Gasteiger partial charge in [-0.3, -0.25) is 4.79 Å². The number of hydrogen-bond donors (Lipinski definition) is 1. The molecule has 0 spiro atoms. The molecule has 1 aromatic heterocycles. The van der Waals surface area contributed by atoms with Gasteiger partial charge in [0.05, 0.1) is 0 Å². The van der Waals surface area contributed by atoms with Crippen LogP contribution in [0, 0.1) is 5.92 Å². The Kier molecular flexibility index (Phi) is 2.41. The molecule has 1 atom stereocenters. The molecule has 0 bridgehead atoms. The van der Waals surface area contributed by atoms with Crippen molar-refractivity contribution < 1.29 is 9.90 Å². The maximum absolute atomic E-state index is 10.5. The summed E-state index contributed by atoms with van der Waals surface area (Å²) in [7, 11) is 0. The van der Waals surface area contributed by atoms with Crippen LogP contribution in [0.2, 0.25) is 5.28 Å². The molecule has 6 heteroatoms. The first-order chi connectivity index (χ1) is 6.65. The highest BCUT2D eigenvalue weighted by atomic mass is 35.5. The van der Waals surface area contributed by atoms with Crippen molar-refractivity contribution in [2.45, 2.75) is 25.8 Å². The van der Waals surface area contributed by atoms with Crippen LogP contribution in [0.4, 0.5) is 0 Å². The van der Waals surface area contributed by atoms with E-state index >= 15 is 0 Å². The number of rotatable bonds is 2. The standard InChI is InChI=1S/C8H10ClN3O2/c9-8-10-6-2-1-5(3-7(13)14)4-12(6)11-8/h5H,1-4H2,(H,13,14). The number of carboxylic acids is 1. The summed E-state index contributed by atoms with van der Waals surface area (Å²) in [6, 6.07) is 0. The monoisotopic (exact) mass is 215 g/mol. The normalized spacial score (nSPS) is 20.5. The minimum atomic E-state index is -0.760. The highest BCUT2D eigenvalue weighted by Gasteiger charge is 2.22. The summed E-state index contributed by atoms with van der Waals surface area (Å²) >= 11 is 5.64. The van der Waals surface area contributed by atoms with Gasteiger partial charge in [-0.2, -0.15) is 0 Å². The van der Waals surface area contributed by atoms with Crippen LogP contribution in [-0.2, 0) is 17.8 Å². The Labute approximate surface area is 85.7 Å². The number of aliphatic carboxylic acids is 1. The second kappa shape index (κ2) is 3.57. The second-order valence-electron chi connectivity index (χ2n) is 3.48. The van der Waals surface area contributed by atoms with Crippen LogP contribution < -0.4 is 0 Å². The van der Waals surface area contributed by atoms with Crippen molar-refractivity contribution in [3.8, 4) is 0 Å². The fourth-order valence-electron chi connectivity index (χ4n) is 1.76. The summed E-state index contributed by atoms with van der Waals surface area (Å²) in [6.45, 7) is 0.612. The number of hydrogen-bond acceptors (Lipinski definition) is 3. The van der Waals surface area contributed by atoms with E-state index in [1.54, 1.807) is 4.68 Å². The van der Waals surface area contributed by atoms with Gasteiger partial charge in [-0.25, -0.2) is 9.67 Å². The van der Waals surface area contributed by atoms with E-state index < -0.39 is 5.97 Å². The third-order valence-electron chi connectivity index (χ3n) is 2.39. The molecule has 0 saturated heterocycles. The van der Waals surface area contributed by atoms with E-state index in [2.05, 4.69) is 10.1 Å². The molecule has 1 aliphatic rings. The van der Waals surface area contributed by atoms with Crippen molar-refractivity contribution in [1.82, 2.24) is 14.8 Å². The van der Waals surface area contributed by atoms with Crippen molar-refractivity contribution in [2.24, 2.45) is 5.92 Å². The van der Waals surface area contributed by atoms with E-state index in [4.69, 9.17) is 16.7 Å². The molecule has 2 rings (SSSR count). The molecule has 1 aliphatic heterocycles. The smallest absolute Gasteiger partial charge is 0.303 e. The van der Waals surface area contributed by atoms with Gasteiger partial charge in [0.1, 0.15) is 5.82 Å². The van der Waals surface area contributed by atoms with E-state index in [1.807, 2.05) is 0 Å². The van der Waals surface area contributed by atoms with E-state index in [0.29, 0.717) is 6.54 Å². The third kappa shape index (κ3) is 1.87. The second-order valence-corrected chi connectivity index (χ2v) is 3.82. The van der Waals surface area contributed by atoms with Gasteiger partial charge in [0.2, 0.25) is 5.28 Å². The van der Waals surface area contributed by atoms with Gasteiger partial charge in [-0.15, -0.1) is 5.10 Å². The Morgan fingerprint density at radius 1 is 1.71 bits per heavy atom. The zero-order valence-electron chi connectivity index (χ0n) is 7.48. The molecule has 76 valence electrons. The van der Waals surface area contributed by atoms with Crippen molar-refractivity contribution in [3.05, 3.63) is 11.1 Å². The molecule has 0 radical (unpaired) electrons. The van der Waals surface area contributed by atoms with Gasteiger partial charge in [0.15, 0.2) is 0 Å². The fraction of sp³-hybridized carbons (Fsp3) is 0.625. The summed E-state index contributed by atoms with van der Waals surface area (Å²) in [4.78, 5) is 14.5. The van der Waals surface area contributed by atoms with Crippen molar-refractivity contribution in [1.29, 1.82) is 0 Å².